The summed E-state index contributed by atoms with van der Waals surface area (Å²) in [4.78, 5) is 15.4. The molecule has 2 heterocycles. The first-order chi connectivity index (χ1) is 10.7. The smallest absolute Gasteiger partial charge is 0.139 e. The van der Waals surface area contributed by atoms with Gasteiger partial charge in [0, 0.05) is 30.0 Å². The highest BCUT2D eigenvalue weighted by Gasteiger charge is 2.58. The molecule has 3 fully saturated rings. The topological polar surface area (TPSA) is 40.5 Å². The normalized spacial score (nSPS) is 38.8. The molecule has 0 aromatic rings. The van der Waals surface area contributed by atoms with Gasteiger partial charge in [-0.15, -0.1) is 0 Å². The lowest BCUT2D eigenvalue weighted by molar-refractivity contribution is -0.144. The van der Waals surface area contributed by atoms with Gasteiger partial charge < -0.3 is 5.11 Å². The highest BCUT2D eigenvalue weighted by atomic mass is 16.3. The SMILES string of the molecule is CCCCCC[C@H]1CC(=O)C2CCCC[C@@]23CC[C@H](CO)N13. The number of hydrogen-bond donors (Lipinski definition) is 1. The summed E-state index contributed by atoms with van der Waals surface area (Å²) in [5, 5.41) is 9.86. The maximum Gasteiger partial charge on any atom is 0.139 e. The second kappa shape index (κ2) is 7.00. The van der Waals surface area contributed by atoms with Crippen LogP contribution in [-0.4, -0.2) is 40.0 Å². The van der Waals surface area contributed by atoms with Crippen LogP contribution in [0.4, 0.5) is 0 Å². The number of carbonyl (C=O) groups excluding carboxylic acids is 1. The molecule has 0 aromatic carbocycles. The van der Waals surface area contributed by atoms with Crippen molar-refractivity contribution < 1.29 is 9.90 Å². The van der Waals surface area contributed by atoms with Crippen molar-refractivity contribution in [3.63, 3.8) is 0 Å². The minimum absolute atomic E-state index is 0.121. The number of carbonyl (C=O) groups is 1. The Labute approximate surface area is 135 Å². The number of unbranched alkanes of at least 4 members (excludes halogenated alkanes) is 3. The summed E-state index contributed by atoms with van der Waals surface area (Å²) < 4.78 is 0. The molecule has 2 aliphatic heterocycles. The van der Waals surface area contributed by atoms with Gasteiger partial charge in [0.25, 0.3) is 0 Å². The van der Waals surface area contributed by atoms with Crippen molar-refractivity contribution in [1.82, 2.24) is 4.90 Å². The Kier molecular flexibility index (Phi) is 5.24. The molecule has 0 aromatic heterocycles. The monoisotopic (exact) mass is 307 g/mol. The fourth-order valence-corrected chi connectivity index (χ4v) is 5.70. The number of ketones is 1. The molecule has 2 saturated heterocycles. The van der Waals surface area contributed by atoms with Crippen LogP contribution in [0, 0.1) is 5.92 Å². The van der Waals surface area contributed by atoms with E-state index in [1.165, 1.54) is 44.9 Å². The molecule has 3 heteroatoms. The maximum absolute atomic E-state index is 12.8. The summed E-state index contributed by atoms with van der Waals surface area (Å²) in [5.74, 6) is 0.805. The Bertz CT molecular complexity index is 397. The van der Waals surface area contributed by atoms with Crippen molar-refractivity contribution in [3.8, 4) is 0 Å². The average Bonchev–Trinajstić information content (AvgIpc) is 2.90. The molecular formula is C19H33NO2. The zero-order chi connectivity index (χ0) is 15.6. The first-order valence-corrected chi connectivity index (χ1v) is 9.65. The van der Waals surface area contributed by atoms with Gasteiger partial charge in [-0.2, -0.15) is 0 Å². The van der Waals surface area contributed by atoms with Crippen LogP contribution in [0.15, 0.2) is 0 Å². The summed E-state index contributed by atoms with van der Waals surface area (Å²) in [6, 6.07) is 0.711. The predicted octanol–water partition coefficient (Wildman–Crippen LogP) is 3.68. The molecule has 3 nitrogen and oxygen atoms in total. The van der Waals surface area contributed by atoms with Crippen LogP contribution >= 0.6 is 0 Å². The van der Waals surface area contributed by atoms with E-state index in [4.69, 9.17) is 0 Å². The number of nitrogens with zero attached hydrogens (tertiary/aromatic N) is 1. The molecule has 3 rings (SSSR count). The number of aliphatic hydroxyl groups is 1. The van der Waals surface area contributed by atoms with Gasteiger partial charge in [0.2, 0.25) is 0 Å². The van der Waals surface area contributed by atoms with Crippen LogP contribution in [0.1, 0.15) is 84.0 Å². The van der Waals surface area contributed by atoms with Gasteiger partial charge >= 0.3 is 0 Å². The average molecular weight is 307 g/mol. The molecule has 3 aliphatic rings. The number of rotatable bonds is 6. The Balaban J connectivity index is 1.77. The van der Waals surface area contributed by atoms with Crippen molar-refractivity contribution in [3.05, 3.63) is 0 Å². The summed E-state index contributed by atoms with van der Waals surface area (Å²) in [6.45, 7) is 2.52. The van der Waals surface area contributed by atoms with Crippen molar-refractivity contribution in [2.75, 3.05) is 6.61 Å². The Hall–Kier alpha value is -0.410. The summed E-state index contributed by atoms with van der Waals surface area (Å²) in [5.41, 5.74) is 0.121. The van der Waals surface area contributed by atoms with Gasteiger partial charge in [-0.3, -0.25) is 9.69 Å². The number of Topliss-reactive ketones (excluding diaryl/α,β-unsaturated/α-hetero) is 1. The molecule has 22 heavy (non-hydrogen) atoms. The molecular weight excluding hydrogens is 274 g/mol. The van der Waals surface area contributed by atoms with Crippen molar-refractivity contribution in [2.45, 2.75) is 102 Å². The molecule has 1 saturated carbocycles. The lowest BCUT2D eigenvalue weighted by Gasteiger charge is -2.55. The summed E-state index contributed by atoms with van der Waals surface area (Å²) in [7, 11) is 0. The number of hydrogen-bond acceptors (Lipinski definition) is 3. The van der Waals surface area contributed by atoms with Crippen molar-refractivity contribution in [1.29, 1.82) is 0 Å². The minimum Gasteiger partial charge on any atom is -0.395 e. The van der Waals surface area contributed by atoms with Crippen LogP contribution in [0.25, 0.3) is 0 Å². The largest absolute Gasteiger partial charge is 0.395 e. The molecule has 1 spiro atoms. The van der Waals surface area contributed by atoms with Crippen molar-refractivity contribution in [2.24, 2.45) is 5.92 Å². The van der Waals surface area contributed by atoms with E-state index in [1.807, 2.05) is 0 Å². The van der Waals surface area contributed by atoms with Crippen molar-refractivity contribution >= 4 is 5.78 Å². The van der Waals surface area contributed by atoms with Crippen LogP contribution in [0.2, 0.25) is 0 Å². The standard InChI is InChI=1S/C19H33NO2/c1-2-3-4-5-8-15-13-18(22)17-9-6-7-11-19(17)12-10-16(14-21)20(15)19/h15-17,21H,2-14H2,1H3/t15-,16+,17?,19+/m0/s1. The first kappa shape index (κ1) is 16.4. The highest BCUT2D eigenvalue weighted by Crippen LogP contribution is 2.53. The van der Waals surface area contributed by atoms with E-state index in [0.717, 1.165) is 32.1 Å². The number of aliphatic hydroxyl groups excluding tert-OH is 1. The molecule has 1 aliphatic carbocycles. The van der Waals surface area contributed by atoms with Crippen LogP contribution in [0.3, 0.4) is 0 Å². The van der Waals surface area contributed by atoms with E-state index in [0.29, 0.717) is 17.9 Å². The minimum atomic E-state index is 0.121. The van der Waals surface area contributed by atoms with Gasteiger partial charge in [-0.05, 0) is 32.1 Å². The number of piperidine rings is 1. The van der Waals surface area contributed by atoms with Gasteiger partial charge in [0.05, 0.1) is 6.61 Å². The van der Waals surface area contributed by atoms with E-state index in [-0.39, 0.29) is 18.1 Å². The Morgan fingerprint density at radius 3 is 2.77 bits per heavy atom. The second-order valence-corrected chi connectivity index (χ2v) is 7.86. The van der Waals surface area contributed by atoms with Crippen LogP contribution in [-0.2, 0) is 4.79 Å². The zero-order valence-electron chi connectivity index (χ0n) is 14.2. The van der Waals surface area contributed by atoms with Crippen LogP contribution in [0.5, 0.6) is 0 Å². The van der Waals surface area contributed by atoms with Gasteiger partial charge in [-0.25, -0.2) is 0 Å². The molecule has 126 valence electrons. The fourth-order valence-electron chi connectivity index (χ4n) is 5.70. The third-order valence-corrected chi connectivity index (χ3v) is 6.64. The van der Waals surface area contributed by atoms with E-state index < -0.39 is 0 Å². The van der Waals surface area contributed by atoms with E-state index in [9.17, 15) is 9.90 Å². The quantitative estimate of drug-likeness (QED) is 0.761. The summed E-state index contributed by atoms with van der Waals surface area (Å²) >= 11 is 0. The van der Waals surface area contributed by atoms with Gasteiger partial charge in [-0.1, -0.05) is 45.4 Å². The van der Waals surface area contributed by atoms with E-state index >= 15 is 0 Å². The van der Waals surface area contributed by atoms with E-state index in [1.54, 1.807) is 0 Å². The third-order valence-electron chi connectivity index (χ3n) is 6.64. The Morgan fingerprint density at radius 1 is 1.14 bits per heavy atom. The molecule has 0 amide bonds. The first-order valence-electron chi connectivity index (χ1n) is 9.65. The molecule has 0 bridgehead atoms. The second-order valence-electron chi connectivity index (χ2n) is 7.86. The van der Waals surface area contributed by atoms with Gasteiger partial charge in [0.1, 0.15) is 5.78 Å². The highest BCUT2D eigenvalue weighted by molar-refractivity contribution is 5.84. The molecule has 4 atom stereocenters. The summed E-state index contributed by atoms with van der Waals surface area (Å²) in [6.07, 6.45) is 14.0. The third kappa shape index (κ3) is 2.75. The molecule has 1 N–H and O–H groups in total. The molecule has 0 radical (unpaired) electrons. The molecule has 1 unspecified atom stereocenters. The van der Waals surface area contributed by atoms with Crippen LogP contribution < -0.4 is 0 Å². The van der Waals surface area contributed by atoms with E-state index in [2.05, 4.69) is 11.8 Å². The fraction of sp³-hybridized carbons (Fsp3) is 0.947. The zero-order valence-corrected chi connectivity index (χ0v) is 14.2. The lowest BCUT2D eigenvalue weighted by atomic mass is 9.65. The maximum atomic E-state index is 12.8. The Morgan fingerprint density at radius 2 is 2.00 bits per heavy atom. The lowest BCUT2D eigenvalue weighted by Crippen LogP contribution is -2.64. The predicted molar refractivity (Wildman–Crippen MR) is 88.8 cm³/mol. The van der Waals surface area contributed by atoms with Gasteiger partial charge in [0.15, 0.2) is 0 Å².